The Balaban J connectivity index is 1.93. The Labute approximate surface area is 137 Å². The van der Waals surface area contributed by atoms with Gasteiger partial charge in [0.2, 0.25) is 0 Å². The maximum absolute atomic E-state index is 13.2. The van der Waals surface area contributed by atoms with Crippen molar-refractivity contribution in [3.8, 4) is 0 Å². The lowest BCUT2D eigenvalue weighted by Crippen LogP contribution is -2.23. The molecule has 0 saturated heterocycles. The fraction of sp³-hybridized carbons (Fsp3) is 0.158. The topological polar surface area (TPSA) is 59.3 Å². The first kappa shape index (κ1) is 15.9. The second-order valence-electron chi connectivity index (χ2n) is 5.74. The van der Waals surface area contributed by atoms with Crippen molar-refractivity contribution in [3.63, 3.8) is 0 Å². The Bertz CT molecular complexity index is 992. The Morgan fingerprint density at radius 2 is 1.96 bits per heavy atom. The third-order valence-corrected chi connectivity index (χ3v) is 3.79. The number of fused-ring (bicyclic) bond motifs is 1. The lowest BCUT2D eigenvalue weighted by molar-refractivity contribution is 0.0950. The average molecular weight is 325 g/mol. The van der Waals surface area contributed by atoms with Gasteiger partial charge in [0, 0.05) is 23.6 Å². The number of carbonyl (C=O) groups is 1. The van der Waals surface area contributed by atoms with Gasteiger partial charge in [0.1, 0.15) is 11.4 Å². The summed E-state index contributed by atoms with van der Waals surface area (Å²) in [6.07, 6.45) is 0. The summed E-state index contributed by atoms with van der Waals surface area (Å²) in [4.78, 5) is 23.9. The van der Waals surface area contributed by atoms with E-state index in [0.717, 1.165) is 16.5 Å². The zero-order chi connectivity index (χ0) is 17.3. The van der Waals surface area contributed by atoms with E-state index in [1.165, 1.54) is 30.3 Å². The highest BCUT2D eigenvalue weighted by Gasteiger charge is 2.11. The van der Waals surface area contributed by atoms with Crippen LogP contribution in [0.1, 0.15) is 27.0 Å². The lowest BCUT2D eigenvalue weighted by Gasteiger charge is -2.10. The predicted octanol–water partition coefficient (Wildman–Crippen LogP) is 3.48. The van der Waals surface area contributed by atoms with E-state index in [1.807, 2.05) is 19.9 Å². The molecule has 0 fully saturated rings. The molecule has 0 bridgehead atoms. The van der Waals surface area contributed by atoms with Crippen LogP contribution >= 0.6 is 0 Å². The number of hydrogen-bond acceptors (Lipinski definition) is 3. The Morgan fingerprint density at radius 1 is 1.17 bits per heavy atom. The number of carbonyl (C=O) groups excluding carboxylic acids is 1. The quantitative estimate of drug-likeness (QED) is 0.750. The van der Waals surface area contributed by atoms with Crippen molar-refractivity contribution in [2.24, 2.45) is 0 Å². The van der Waals surface area contributed by atoms with E-state index in [-0.39, 0.29) is 12.1 Å². The van der Waals surface area contributed by atoms with Crippen molar-refractivity contribution in [2.75, 3.05) is 0 Å². The van der Waals surface area contributed by atoms with Crippen LogP contribution in [-0.2, 0) is 6.54 Å². The molecular weight excluding hydrogens is 309 g/mol. The molecule has 0 aliphatic carbocycles. The van der Waals surface area contributed by atoms with Crippen LogP contribution in [0.3, 0.4) is 0 Å². The average Bonchev–Trinajstić information content (AvgIpc) is 2.51. The fourth-order valence-corrected chi connectivity index (χ4v) is 2.82. The molecule has 2 aromatic carbocycles. The minimum Gasteiger partial charge on any atom is -0.423 e. The molecule has 0 aliphatic rings. The van der Waals surface area contributed by atoms with Gasteiger partial charge < -0.3 is 9.73 Å². The van der Waals surface area contributed by atoms with Crippen LogP contribution in [0.15, 0.2) is 51.7 Å². The Hall–Kier alpha value is -2.95. The smallest absolute Gasteiger partial charge is 0.336 e. The van der Waals surface area contributed by atoms with Gasteiger partial charge in [-0.1, -0.05) is 12.1 Å². The zero-order valence-corrected chi connectivity index (χ0v) is 13.4. The number of halogens is 1. The molecule has 24 heavy (non-hydrogen) atoms. The highest BCUT2D eigenvalue weighted by Crippen LogP contribution is 2.23. The van der Waals surface area contributed by atoms with E-state index >= 15 is 0 Å². The molecule has 0 radical (unpaired) electrons. The molecule has 1 heterocycles. The monoisotopic (exact) mass is 325 g/mol. The third kappa shape index (κ3) is 3.20. The van der Waals surface area contributed by atoms with Gasteiger partial charge in [-0.05, 0) is 54.8 Å². The van der Waals surface area contributed by atoms with Gasteiger partial charge in [-0.25, -0.2) is 9.18 Å². The SMILES string of the molecule is Cc1cc(C)c2c(CNC(=O)c3cccc(F)c3)cc(=O)oc2c1. The number of rotatable bonds is 3. The van der Waals surface area contributed by atoms with Crippen molar-refractivity contribution in [1.29, 1.82) is 0 Å². The highest BCUT2D eigenvalue weighted by molar-refractivity contribution is 5.94. The molecule has 1 aromatic heterocycles. The molecule has 4 nitrogen and oxygen atoms in total. The summed E-state index contributed by atoms with van der Waals surface area (Å²) in [5.41, 5.74) is 2.88. The number of hydrogen-bond donors (Lipinski definition) is 1. The molecule has 122 valence electrons. The maximum atomic E-state index is 13.2. The summed E-state index contributed by atoms with van der Waals surface area (Å²) in [6.45, 7) is 4.00. The highest BCUT2D eigenvalue weighted by atomic mass is 19.1. The van der Waals surface area contributed by atoms with Crippen molar-refractivity contribution < 1.29 is 13.6 Å². The standard InChI is InChI=1S/C19H16FNO3/c1-11-6-12(2)18-14(9-17(22)24-16(18)7-11)10-21-19(23)13-4-3-5-15(20)8-13/h3-9H,10H2,1-2H3,(H,21,23). The van der Waals surface area contributed by atoms with E-state index < -0.39 is 17.3 Å². The zero-order valence-electron chi connectivity index (χ0n) is 13.4. The van der Waals surface area contributed by atoms with Crippen LogP contribution < -0.4 is 10.9 Å². The van der Waals surface area contributed by atoms with Gasteiger partial charge in [0.05, 0.1) is 0 Å². The van der Waals surface area contributed by atoms with Gasteiger partial charge in [-0.2, -0.15) is 0 Å². The number of nitrogens with one attached hydrogen (secondary N) is 1. The minimum atomic E-state index is -0.472. The normalized spacial score (nSPS) is 10.8. The first-order valence-electron chi connectivity index (χ1n) is 7.52. The van der Waals surface area contributed by atoms with Crippen LogP contribution in [0.2, 0.25) is 0 Å². The fourth-order valence-electron chi connectivity index (χ4n) is 2.82. The molecule has 0 unspecified atom stereocenters. The molecule has 3 rings (SSSR count). The van der Waals surface area contributed by atoms with E-state index in [9.17, 15) is 14.0 Å². The second-order valence-corrected chi connectivity index (χ2v) is 5.74. The molecule has 3 aromatic rings. The van der Waals surface area contributed by atoms with E-state index in [4.69, 9.17) is 4.42 Å². The van der Waals surface area contributed by atoms with Crippen molar-refractivity contribution in [1.82, 2.24) is 5.32 Å². The molecular formula is C19H16FNO3. The third-order valence-electron chi connectivity index (χ3n) is 3.79. The van der Waals surface area contributed by atoms with Gasteiger partial charge >= 0.3 is 5.63 Å². The second kappa shape index (κ2) is 6.28. The summed E-state index contributed by atoms with van der Waals surface area (Å²) < 4.78 is 18.5. The van der Waals surface area contributed by atoms with Crippen LogP contribution in [0, 0.1) is 19.7 Å². The van der Waals surface area contributed by atoms with Gasteiger partial charge in [0.25, 0.3) is 5.91 Å². The molecule has 1 amide bonds. The largest absolute Gasteiger partial charge is 0.423 e. The van der Waals surface area contributed by atoms with E-state index in [0.29, 0.717) is 11.1 Å². The number of benzene rings is 2. The molecule has 5 heteroatoms. The van der Waals surface area contributed by atoms with Crippen LogP contribution in [-0.4, -0.2) is 5.91 Å². The van der Waals surface area contributed by atoms with Gasteiger partial charge in [0.15, 0.2) is 0 Å². The van der Waals surface area contributed by atoms with Crippen molar-refractivity contribution in [3.05, 3.63) is 81.0 Å². The van der Waals surface area contributed by atoms with Crippen LogP contribution in [0.5, 0.6) is 0 Å². The molecule has 0 saturated carbocycles. The van der Waals surface area contributed by atoms with E-state index in [1.54, 1.807) is 6.07 Å². The minimum absolute atomic E-state index is 0.154. The number of aryl methyl sites for hydroxylation is 2. The van der Waals surface area contributed by atoms with Crippen LogP contribution in [0.25, 0.3) is 11.0 Å². The molecule has 0 atom stereocenters. The Morgan fingerprint density at radius 3 is 2.71 bits per heavy atom. The molecule has 0 aliphatic heterocycles. The summed E-state index contributed by atoms with van der Waals surface area (Å²) in [6, 6.07) is 10.6. The maximum Gasteiger partial charge on any atom is 0.336 e. The van der Waals surface area contributed by atoms with E-state index in [2.05, 4.69) is 5.32 Å². The van der Waals surface area contributed by atoms with Crippen molar-refractivity contribution in [2.45, 2.75) is 20.4 Å². The predicted molar refractivity (Wildman–Crippen MR) is 89.5 cm³/mol. The van der Waals surface area contributed by atoms with Gasteiger partial charge in [-0.15, -0.1) is 0 Å². The first-order chi connectivity index (χ1) is 11.4. The summed E-state index contributed by atoms with van der Waals surface area (Å²) in [7, 11) is 0. The Kier molecular flexibility index (Phi) is 4.16. The van der Waals surface area contributed by atoms with Crippen molar-refractivity contribution >= 4 is 16.9 Å². The van der Waals surface area contributed by atoms with Gasteiger partial charge in [-0.3, -0.25) is 4.79 Å². The lowest BCUT2D eigenvalue weighted by atomic mass is 10.0. The molecule has 1 N–H and O–H groups in total. The number of amides is 1. The van der Waals surface area contributed by atoms with Crippen LogP contribution in [0.4, 0.5) is 4.39 Å². The first-order valence-corrected chi connectivity index (χ1v) is 7.52. The molecule has 0 spiro atoms. The summed E-state index contributed by atoms with van der Waals surface area (Å²) in [5.74, 6) is -0.875. The summed E-state index contributed by atoms with van der Waals surface area (Å²) >= 11 is 0. The summed E-state index contributed by atoms with van der Waals surface area (Å²) in [5, 5.41) is 3.52.